The molecule has 1 saturated heterocycles. The van der Waals surface area contributed by atoms with Gasteiger partial charge in [-0.15, -0.1) is 0 Å². The number of nitrogens with zero attached hydrogens (tertiary/aromatic N) is 3. The Bertz CT molecular complexity index is 1930. The Labute approximate surface area is 314 Å². The highest BCUT2D eigenvalue weighted by Gasteiger charge is 2.52. The highest BCUT2D eigenvalue weighted by molar-refractivity contribution is 7.13. The number of aromatic amines is 1. The molecule has 0 bridgehead atoms. The largest absolute Gasteiger partial charge is 0.462 e. The van der Waals surface area contributed by atoms with E-state index >= 15 is 8.78 Å². The van der Waals surface area contributed by atoms with Crippen molar-refractivity contribution in [3.05, 3.63) is 107 Å². The molecular formula is C41H48F4N4O2SSi. The maximum Gasteiger partial charge on any atom is 0.282 e. The van der Waals surface area contributed by atoms with E-state index < -0.39 is 57.4 Å². The average Bonchev–Trinajstić information content (AvgIpc) is 3.85. The minimum atomic E-state index is -3.22. The summed E-state index contributed by atoms with van der Waals surface area (Å²) in [4.78, 5) is 12.5. The number of rotatable bonds is 13. The third-order valence-electron chi connectivity index (χ3n) is 10.8. The Kier molecular flexibility index (Phi) is 10.9. The fourth-order valence-corrected chi connectivity index (χ4v) is 13.8. The van der Waals surface area contributed by atoms with Gasteiger partial charge in [0.15, 0.2) is 6.17 Å². The number of nitrogens with one attached hydrogen (secondary N) is 1. The van der Waals surface area contributed by atoms with Crippen molar-refractivity contribution in [3.8, 4) is 5.19 Å². The molecule has 3 aromatic carbocycles. The molecule has 7 rings (SSSR count). The van der Waals surface area contributed by atoms with Crippen LogP contribution in [-0.2, 0) is 10.8 Å². The van der Waals surface area contributed by atoms with E-state index in [4.69, 9.17) is 9.16 Å². The summed E-state index contributed by atoms with van der Waals surface area (Å²) in [6, 6.07) is 26.9. The summed E-state index contributed by atoms with van der Waals surface area (Å²) in [6.07, 6.45) is 0.635. The molecule has 0 spiro atoms. The maximum absolute atomic E-state index is 16.8. The number of benzene rings is 3. The minimum Gasteiger partial charge on any atom is -0.462 e. The van der Waals surface area contributed by atoms with Crippen LogP contribution in [0.1, 0.15) is 56.3 Å². The van der Waals surface area contributed by atoms with Crippen molar-refractivity contribution in [2.75, 3.05) is 39.5 Å². The van der Waals surface area contributed by atoms with Gasteiger partial charge in [0.25, 0.3) is 19.4 Å². The van der Waals surface area contributed by atoms with Gasteiger partial charge >= 0.3 is 0 Å². The van der Waals surface area contributed by atoms with Gasteiger partial charge in [-0.2, -0.15) is 0 Å². The van der Waals surface area contributed by atoms with Crippen LogP contribution in [0.15, 0.2) is 91.1 Å². The molecule has 2 aromatic heterocycles. The summed E-state index contributed by atoms with van der Waals surface area (Å²) >= 11 is 1.26. The normalized spacial score (nSPS) is 21.7. The zero-order valence-electron chi connectivity index (χ0n) is 30.7. The van der Waals surface area contributed by atoms with Crippen molar-refractivity contribution in [2.24, 2.45) is 0 Å². The van der Waals surface area contributed by atoms with E-state index in [0.29, 0.717) is 25.9 Å². The number of H-pyrrole nitrogens is 1. The summed E-state index contributed by atoms with van der Waals surface area (Å²) in [5.41, 5.74) is 2.89. The molecule has 12 heteroatoms. The highest BCUT2D eigenvalue weighted by atomic mass is 32.1. The van der Waals surface area contributed by atoms with Gasteiger partial charge in [-0.1, -0.05) is 111 Å². The van der Waals surface area contributed by atoms with Crippen LogP contribution in [0.3, 0.4) is 0 Å². The predicted molar refractivity (Wildman–Crippen MR) is 207 cm³/mol. The molecule has 0 unspecified atom stereocenters. The fourth-order valence-electron chi connectivity index (χ4n) is 8.31. The SMILES string of the molecule is C[C@@H]1Cc2c([nH]c3ccccc23)[C@@H](c2cnc(O[C@H]3CN(CCCF)C[C@@H]3F)s2)N1CC(F)(F)CO[Si](c1ccccc1)(c1ccccc1)C(C)(C)C. The van der Waals surface area contributed by atoms with Crippen molar-refractivity contribution >= 4 is 40.9 Å². The molecule has 1 N–H and O–H groups in total. The van der Waals surface area contributed by atoms with Crippen LogP contribution >= 0.6 is 11.3 Å². The van der Waals surface area contributed by atoms with Crippen molar-refractivity contribution in [3.63, 3.8) is 0 Å². The lowest BCUT2D eigenvalue weighted by molar-refractivity contribution is -0.0818. The number of halogens is 4. The predicted octanol–water partition coefficient (Wildman–Crippen LogP) is 7.93. The summed E-state index contributed by atoms with van der Waals surface area (Å²) in [7, 11) is -3.22. The van der Waals surface area contributed by atoms with Crippen LogP contribution in [0.5, 0.6) is 5.19 Å². The second-order valence-electron chi connectivity index (χ2n) is 15.5. The van der Waals surface area contributed by atoms with Crippen LogP contribution < -0.4 is 15.1 Å². The lowest BCUT2D eigenvalue weighted by atomic mass is 9.91. The number of aromatic nitrogens is 2. The summed E-state index contributed by atoms with van der Waals surface area (Å²) in [6.45, 7) is 7.49. The lowest BCUT2D eigenvalue weighted by Crippen LogP contribution is -2.67. The zero-order valence-corrected chi connectivity index (χ0v) is 32.5. The number of para-hydroxylation sites is 1. The molecule has 4 atom stereocenters. The van der Waals surface area contributed by atoms with Gasteiger partial charge in [-0.3, -0.25) is 14.2 Å². The molecule has 0 saturated carbocycles. The van der Waals surface area contributed by atoms with Gasteiger partial charge in [0.1, 0.15) is 6.10 Å². The van der Waals surface area contributed by atoms with Gasteiger partial charge in [0.2, 0.25) is 0 Å². The van der Waals surface area contributed by atoms with Crippen LogP contribution in [0.4, 0.5) is 17.6 Å². The molecule has 0 radical (unpaired) electrons. The highest BCUT2D eigenvalue weighted by Crippen LogP contribution is 2.45. The number of hydrogen-bond donors (Lipinski definition) is 1. The van der Waals surface area contributed by atoms with Gasteiger partial charge in [-0.25, -0.2) is 18.2 Å². The third-order valence-corrected chi connectivity index (χ3v) is 16.7. The first-order valence-electron chi connectivity index (χ1n) is 18.4. The van der Waals surface area contributed by atoms with E-state index in [1.807, 2.05) is 95.6 Å². The second kappa shape index (κ2) is 15.3. The molecule has 53 heavy (non-hydrogen) atoms. The number of ether oxygens (including phenoxy) is 1. The molecular weight excluding hydrogens is 717 g/mol. The number of hydrogen-bond acceptors (Lipinski definition) is 6. The van der Waals surface area contributed by atoms with Crippen molar-refractivity contribution in [2.45, 2.75) is 75.9 Å². The lowest BCUT2D eigenvalue weighted by Gasteiger charge is -2.45. The van der Waals surface area contributed by atoms with Crippen molar-refractivity contribution < 1.29 is 26.7 Å². The van der Waals surface area contributed by atoms with Gasteiger partial charge < -0.3 is 14.1 Å². The second-order valence-corrected chi connectivity index (χ2v) is 20.8. The summed E-state index contributed by atoms with van der Waals surface area (Å²) in [5, 5.41) is 2.80. The maximum atomic E-state index is 16.8. The number of alkyl halides is 4. The van der Waals surface area contributed by atoms with E-state index in [-0.39, 0.29) is 17.8 Å². The Morgan fingerprint density at radius 3 is 2.26 bits per heavy atom. The van der Waals surface area contributed by atoms with E-state index in [2.05, 4.69) is 36.8 Å². The first-order chi connectivity index (χ1) is 25.4. The van der Waals surface area contributed by atoms with Gasteiger partial charge in [0, 0.05) is 48.5 Å². The van der Waals surface area contributed by atoms with Crippen LogP contribution in [0.25, 0.3) is 10.9 Å². The number of thiazole rings is 1. The van der Waals surface area contributed by atoms with Crippen LogP contribution in [-0.4, -0.2) is 91.8 Å². The fraction of sp³-hybridized carbons (Fsp3) is 0.439. The Morgan fingerprint density at radius 1 is 0.943 bits per heavy atom. The van der Waals surface area contributed by atoms with E-state index in [1.54, 1.807) is 6.20 Å². The van der Waals surface area contributed by atoms with Crippen molar-refractivity contribution in [1.82, 2.24) is 19.8 Å². The smallest absolute Gasteiger partial charge is 0.282 e. The number of fused-ring (bicyclic) bond motifs is 3. The van der Waals surface area contributed by atoms with Crippen LogP contribution in [0.2, 0.25) is 5.04 Å². The molecule has 2 aliphatic heterocycles. The van der Waals surface area contributed by atoms with E-state index in [0.717, 1.165) is 37.4 Å². The molecule has 0 amide bonds. The summed E-state index contributed by atoms with van der Waals surface area (Å²) in [5.74, 6) is -3.22. The quantitative estimate of drug-likeness (QED) is 0.0976. The van der Waals surface area contributed by atoms with Gasteiger partial charge in [-0.05, 0) is 46.8 Å². The molecule has 2 aliphatic rings. The van der Waals surface area contributed by atoms with Crippen LogP contribution in [0, 0.1) is 0 Å². The minimum absolute atomic E-state index is 0.181. The Hall–Kier alpha value is -3.55. The topological polar surface area (TPSA) is 53.6 Å². The molecule has 1 fully saturated rings. The zero-order chi connectivity index (χ0) is 37.4. The third kappa shape index (κ3) is 7.58. The first-order valence-corrected chi connectivity index (χ1v) is 21.2. The molecule has 0 aliphatic carbocycles. The molecule has 282 valence electrons. The standard InChI is InChI=1S/C41H48F4N4O2SSi/c1-28-22-32-31-18-11-12-19-34(31)47-37(32)38(36-23-46-39(52-36)51-35-25-48(21-13-20-42)24-33(35)43)49(28)26-41(44,45)27-50-53(40(2,3)4,29-14-7-5-8-15-29)30-16-9-6-10-17-30/h5-12,14-19,23,28,33,35,38,47H,13,20-22,24-27H2,1-4H3/t28-,33+,35+,38-/m1/s1. The Morgan fingerprint density at radius 2 is 1.60 bits per heavy atom. The number of likely N-dealkylation sites (tertiary alicyclic amines) is 1. The first kappa shape index (κ1) is 37.7. The van der Waals surface area contributed by atoms with Gasteiger partial charge in [0.05, 0.1) is 30.7 Å². The Balaban J connectivity index is 1.20. The summed E-state index contributed by atoms with van der Waals surface area (Å²) < 4.78 is 74.1. The van der Waals surface area contributed by atoms with E-state index in [9.17, 15) is 8.78 Å². The average molecular weight is 765 g/mol. The monoisotopic (exact) mass is 764 g/mol. The molecule has 5 aromatic rings. The molecule has 6 nitrogen and oxygen atoms in total. The van der Waals surface area contributed by atoms with Crippen molar-refractivity contribution in [1.29, 1.82) is 0 Å². The van der Waals surface area contributed by atoms with E-state index in [1.165, 1.54) is 11.3 Å². The molecule has 4 heterocycles.